The standard InChI is InChI=1S/C16H21BrN2/c17-15-8-11(9-18-13-3-4-13)2-6-16(15)19-10-12-1-5-14(19)7-12/h2,6,8,12-14,18H,1,3-5,7,9-10H2. The third-order valence-corrected chi connectivity index (χ3v) is 5.54. The number of rotatable bonds is 4. The van der Waals surface area contributed by atoms with Crippen LogP contribution < -0.4 is 10.2 Å². The van der Waals surface area contributed by atoms with Gasteiger partial charge in [0.25, 0.3) is 0 Å². The van der Waals surface area contributed by atoms with Gasteiger partial charge in [-0.3, -0.25) is 0 Å². The summed E-state index contributed by atoms with van der Waals surface area (Å²) in [6.45, 7) is 2.28. The highest BCUT2D eigenvalue weighted by atomic mass is 79.9. The summed E-state index contributed by atoms with van der Waals surface area (Å²) in [4.78, 5) is 2.62. The predicted octanol–water partition coefficient (Wildman–Crippen LogP) is 3.69. The molecular formula is C16H21BrN2. The Labute approximate surface area is 123 Å². The zero-order chi connectivity index (χ0) is 12.8. The van der Waals surface area contributed by atoms with E-state index in [0.717, 1.165) is 24.5 Å². The maximum Gasteiger partial charge on any atom is 0.0513 e. The van der Waals surface area contributed by atoms with Crippen LogP contribution in [-0.2, 0) is 6.54 Å². The van der Waals surface area contributed by atoms with Gasteiger partial charge in [-0.2, -0.15) is 0 Å². The minimum atomic E-state index is 0.785. The Bertz CT molecular complexity index is 484. The largest absolute Gasteiger partial charge is 0.367 e. The Morgan fingerprint density at radius 1 is 1.21 bits per heavy atom. The van der Waals surface area contributed by atoms with E-state index in [1.54, 1.807) is 0 Å². The molecule has 19 heavy (non-hydrogen) atoms. The van der Waals surface area contributed by atoms with Gasteiger partial charge < -0.3 is 10.2 Å². The molecule has 3 fully saturated rings. The molecule has 2 aliphatic carbocycles. The lowest BCUT2D eigenvalue weighted by molar-refractivity contribution is 0.553. The second kappa shape index (κ2) is 4.78. The van der Waals surface area contributed by atoms with Crippen LogP contribution in [0.15, 0.2) is 22.7 Å². The monoisotopic (exact) mass is 320 g/mol. The third-order valence-electron chi connectivity index (χ3n) is 4.90. The minimum absolute atomic E-state index is 0.785. The Morgan fingerprint density at radius 3 is 2.74 bits per heavy atom. The topological polar surface area (TPSA) is 15.3 Å². The number of hydrogen-bond donors (Lipinski definition) is 1. The van der Waals surface area contributed by atoms with Gasteiger partial charge in [-0.1, -0.05) is 6.07 Å². The average Bonchev–Trinajstić information content (AvgIpc) is 3.01. The van der Waals surface area contributed by atoms with E-state index in [2.05, 4.69) is 44.3 Å². The molecule has 1 aromatic rings. The number of hydrogen-bond acceptors (Lipinski definition) is 2. The van der Waals surface area contributed by atoms with Crippen molar-refractivity contribution in [2.45, 2.75) is 50.7 Å². The molecule has 1 saturated heterocycles. The summed E-state index contributed by atoms with van der Waals surface area (Å²) in [5.74, 6) is 0.952. The van der Waals surface area contributed by atoms with Crippen LogP contribution in [0.3, 0.4) is 0 Å². The molecule has 4 rings (SSSR count). The van der Waals surface area contributed by atoms with Crippen molar-refractivity contribution in [3.05, 3.63) is 28.2 Å². The van der Waals surface area contributed by atoms with E-state index in [0.29, 0.717) is 0 Å². The lowest BCUT2D eigenvalue weighted by Crippen LogP contribution is -2.32. The van der Waals surface area contributed by atoms with Gasteiger partial charge >= 0.3 is 0 Å². The SMILES string of the molecule is Brc1cc(CNC2CC2)ccc1N1CC2CCC1C2. The summed E-state index contributed by atoms with van der Waals surface area (Å²) in [6, 6.07) is 8.50. The van der Waals surface area contributed by atoms with Crippen LogP contribution in [0.1, 0.15) is 37.7 Å². The van der Waals surface area contributed by atoms with Gasteiger partial charge in [-0.05, 0) is 71.6 Å². The summed E-state index contributed by atoms with van der Waals surface area (Å²) >= 11 is 3.78. The number of halogens is 1. The fourth-order valence-electron chi connectivity index (χ4n) is 3.66. The molecule has 102 valence electrons. The molecule has 2 bridgehead atoms. The molecule has 1 N–H and O–H groups in total. The molecule has 3 heteroatoms. The normalized spacial score (nSPS) is 29.2. The van der Waals surface area contributed by atoms with Gasteiger partial charge in [-0.25, -0.2) is 0 Å². The quantitative estimate of drug-likeness (QED) is 0.910. The minimum Gasteiger partial charge on any atom is -0.367 e. The van der Waals surface area contributed by atoms with Crippen LogP contribution in [-0.4, -0.2) is 18.6 Å². The van der Waals surface area contributed by atoms with E-state index in [9.17, 15) is 0 Å². The van der Waals surface area contributed by atoms with Crippen LogP contribution in [0, 0.1) is 5.92 Å². The van der Waals surface area contributed by atoms with Crippen molar-refractivity contribution >= 4 is 21.6 Å². The van der Waals surface area contributed by atoms with E-state index in [4.69, 9.17) is 0 Å². The van der Waals surface area contributed by atoms with Crippen molar-refractivity contribution in [3.63, 3.8) is 0 Å². The molecule has 0 aromatic heterocycles. The van der Waals surface area contributed by atoms with Crippen LogP contribution in [0.2, 0.25) is 0 Å². The maximum absolute atomic E-state index is 3.78. The summed E-state index contributed by atoms with van der Waals surface area (Å²) in [6.07, 6.45) is 6.97. The molecule has 2 nitrogen and oxygen atoms in total. The van der Waals surface area contributed by atoms with Gasteiger partial charge in [0.15, 0.2) is 0 Å². The van der Waals surface area contributed by atoms with Crippen LogP contribution >= 0.6 is 15.9 Å². The van der Waals surface area contributed by atoms with Crippen LogP contribution in [0.5, 0.6) is 0 Å². The van der Waals surface area contributed by atoms with E-state index >= 15 is 0 Å². The first-order valence-corrected chi connectivity index (χ1v) is 8.37. The zero-order valence-corrected chi connectivity index (χ0v) is 12.8. The molecule has 0 spiro atoms. The Morgan fingerprint density at radius 2 is 2.11 bits per heavy atom. The van der Waals surface area contributed by atoms with Gasteiger partial charge in [-0.15, -0.1) is 0 Å². The molecule has 0 radical (unpaired) electrons. The van der Waals surface area contributed by atoms with Crippen molar-refractivity contribution in [2.24, 2.45) is 5.92 Å². The van der Waals surface area contributed by atoms with Crippen LogP contribution in [0.4, 0.5) is 5.69 Å². The first-order chi connectivity index (χ1) is 9.29. The van der Waals surface area contributed by atoms with E-state index in [1.807, 2.05) is 0 Å². The Hall–Kier alpha value is -0.540. The lowest BCUT2D eigenvalue weighted by Gasteiger charge is -2.30. The van der Waals surface area contributed by atoms with Gasteiger partial charge in [0, 0.05) is 29.6 Å². The molecule has 2 atom stereocenters. The van der Waals surface area contributed by atoms with Crippen molar-refractivity contribution in [1.29, 1.82) is 0 Å². The van der Waals surface area contributed by atoms with Crippen molar-refractivity contribution < 1.29 is 0 Å². The fraction of sp³-hybridized carbons (Fsp3) is 0.625. The molecule has 3 aliphatic rings. The van der Waals surface area contributed by atoms with E-state index < -0.39 is 0 Å². The second-order valence-corrected chi connectivity index (χ2v) is 7.28. The fourth-order valence-corrected chi connectivity index (χ4v) is 4.32. The number of piperidine rings is 1. The molecule has 0 amide bonds. The van der Waals surface area contributed by atoms with E-state index in [1.165, 1.54) is 54.4 Å². The predicted molar refractivity (Wildman–Crippen MR) is 82.5 cm³/mol. The first kappa shape index (κ1) is 12.2. The Kier molecular flexibility index (Phi) is 3.07. The van der Waals surface area contributed by atoms with Crippen LogP contribution in [0.25, 0.3) is 0 Å². The summed E-state index contributed by atoms with van der Waals surface area (Å²) in [7, 11) is 0. The van der Waals surface area contributed by atoms with Gasteiger partial charge in [0.2, 0.25) is 0 Å². The zero-order valence-electron chi connectivity index (χ0n) is 11.2. The number of benzene rings is 1. The highest BCUT2D eigenvalue weighted by Crippen LogP contribution is 2.42. The Balaban J connectivity index is 1.49. The van der Waals surface area contributed by atoms with E-state index in [-0.39, 0.29) is 0 Å². The molecule has 2 saturated carbocycles. The summed E-state index contributed by atoms with van der Waals surface area (Å²) < 4.78 is 1.27. The smallest absolute Gasteiger partial charge is 0.0513 e. The number of nitrogens with one attached hydrogen (secondary N) is 1. The number of fused-ring (bicyclic) bond motifs is 2. The lowest BCUT2D eigenvalue weighted by atomic mass is 10.1. The third kappa shape index (κ3) is 2.43. The molecule has 1 aromatic carbocycles. The maximum atomic E-state index is 3.78. The molecule has 2 unspecified atom stereocenters. The van der Waals surface area contributed by atoms with Gasteiger partial charge in [0.1, 0.15) is 0 Å². The number of anilines is 1. The van der Waals surface area contributed by atoms with Crippen molar-refractivity contribution in [3.8, 4) is 0 Å². The van der Waals surface area contributed by atoms with Gasteiger partial charge in [0.05, 0.1) is 5.69 Å². The number of nitrogens with zero attached hydrogens (tertiary/aromatic N) is 1. The molecule has 1 aliphatic heterocycles. The summed E-state index contributed by atoms with van der Waals surface area (Å²) in [5.41, 5.74) is 2.80. The second-order valence-electron chi connectivity index (χ2n) is 6.43. The average molecular weight is 321 g/mol. The highest BCUT2D eigenvalue weighted by molar-refractivity contribution is 9.10. The molecule has 1 heterocycles. The highest BCUT2D eigenvalue weighted by Gasteiger charge is 2.38. The first-order valence-electron chi connectivity index (χ1n) is 7.58. The summed E-state index contributed by atoms with van der Waals surface area (Å²) in [5, 5.41) is 3.58. The molecular weight excluding hydrogens is 300 g/mol. The van der Waals surface area contributed by atoms with Crippen molar-refractivity contribution in [1.82, 2.24) is 5.32 Å². The van der Waals surface area contributed by atoms with Crippen molar-refractivity contribution in [2.75, 3.05) is 11.4 Å².